The van der Waals surface area contributed by atoms with E-state index in [0.29, 0.717) is 17.3 Å². The van der Waals surface area contributed by atoms with Crippen LogP contribution in [0, 0.1) is 0 Å². The van der Waals surface area contributed by atoms with E-state index in [-0.39, 0.29) is 5.91 Å². The highest BCUT2D eigenvalue weighted by Crippen LogP contribution is 2.34. The van der Waals surface area contributed by atoms with Gasteiger partial charge in [-0.1, -0.05) is 26.0 Å². The van der Waals surface area contributed by atoms with E-state index in [1.54, 1.807) is 11.3 Å². The topological polar surface area (TPSA) is 50.7 Å². The van der Waals surface area contributed by atoms with Crippen LogP contribution < -0.4 is 10.1 Å². The van der Waals surface area contributed by atoms with E-state index in [9.17, 15) is 4.79 Å². The molecule has 0 spiro atoms. The highest BCUT2D eigenvalue weighted by Gasteiger charge is 2.32. The monoisotopic (exact) mass is 324 g/mol. The Labute approximate surface area is 138 Å². The van der Waals surface area contributed by atoms with Gasteiger partial charge >= 0.3 is 0 Å². The second kappa shape index (κ2) is 5.35. The van der Waals surface area contributed by atoms with E-state index in [1.807, 2.05) is 29.7 Å². The SMILES string of the molecule is CC(C)c1ccc2c(c1)C=C1C(=O)NC(c3cccs3)=NC1O2. The normalized spacial score (nSPS) is 19.3. The molecule has 5 heteroatoms. The van der Waals surface area contributed by atoms with E-state index in [2.05, 4.69) is 36.3 Å². The largest absolute Gasteiger partial charge is 0.464 e. The van der Waals surface area contributed by atoms with Crippen LogP contribution in [-0.2, 0) is 4.79 Å². The van der Waals surface area contributed by atoms with Gasteiger partial charge in [-0.3, -0.25) is 4.79 Å². The Morgan fingerprint density at radius 2 is 2.17 bits per heavy atom. The predicted molar refractivity (Wildman–Crippen MR) is 91.9 cm³/mol. The molecule has 2 aromatic rings. The molecule has 1 aromatic carbocycles. The Bertz CT molecular complexity index is 835. The first-order chi connectivity index (χ1) is 11.1. The summed E-state index contributed by atoms with van der Waals surface area (Å²) in [7, 11) is 0. The Balaban J connectivity index is 1.74. The molecule has 1 atom stereocenters. The van der Waals surface area contributed by atoms with E-state index < -0.39 is 6.23 Å². The molecule has 0 aliphatic carbocycles. The predicted octanol–water partition coefficient (Wildman–Crippen LogP) is 3.55. The fourth-order valence-corrected chi connectivity index (χ4v) is 3.39. The number of fused-ring (bicyclic) bond motifs is 2. The van der Waals surface area contributed by atoms with Crippen LogP contribution >= 0.6 is 11.3 Å². The van der Waals surface area contributed by atoms with E-state index in [4.69, 9.17) is 4.74 Å². The van der Waals surface area contributed by atoms with Crippen LogP contribution in [0.1, 0.15) is 35.8 Å². The van der Waals surface area contributed by atoms with Gasteiger partial charge in [0.1, 0.15) is 11.6 Å². The molecule has 1 amide bonds. The van der Waals surface area contributed by atoms with Gasteiger partial charge in [-0.2, -0.15) is 0 Å². The van der Waals surface area contributed by atoms with E-state index >= 15 is 0 Å². The smallest absolute Gasteiger partial charge is 0.258 e. The number of thiophene rings is 1. The van der Waals surface area contributed by atoms with Crippen molar-refractivity contribution in [1.82, 2.24) is 5.32 Å². The van der Waals surface area contributed by atoms with Crippen molar-refractivity contribution in [3.05, 3.63) is 57.3 Å². The van der Waals surface area contributed by atoms with Crippen molar-refractivity contribution in [2.24, 2.45) is 4.99 Å². The molecule has 0 radical (unpaired) electrons. The maximum absolute atomic E-state index is 12.4. The molecule has 0 bridgehead atoms. The average Bonchev–Trinajstić information content (AvgIpc) is 3.07. The van der Waals surface area contributed by atoms with Crippen molar-refractivity contribution < 1.29 is 9.53 Å². The number of benzene rings is 1. The zero-order chi connectivity index (χ0) is 16.0. The molecule has 2 aliphatic rings. The number of rotatable bonds is 2. The first-order valence-corrected chi connectivity index (χ1v) is 8.45. The summed E-state index contributed by atoms with van der Waals surface area (Å²) in [5.74, 6) is 1.63. The van der Waals surface area contributed by atoms with Crippen LogP contribution in [0.3, 0.4) is 0 Å². The quantitative estimate of drug-likeness (QED) is 0.918. The number of hydrogen-bond acceptors (Lipinski definition) is 4. The van der Waals surface area contributed by atoms with Crippen LogP contribution in [0.15, 0.2) is 46.3 Å². The van der Waals surface area contributed by atoms with Crippen LogP contribution in [0.2, 0.25) is 0 Å². The second-order valence-corrected chi connectivity index (χ2v) is 6.88. The molecule has 4 rings (SSSR count). The molecule has 1 unspecified atom stereocenters. The van der Waals surface area contributed by atoms with Gasteiger partial charge in [0.05, 0.1) is 10.5 Å². The highest BCUT2D eigenvalue weighted by atomic mass is 32.1. The molecule has 1 aromatic heterocycles. The van der Waals surface area contributed by atoms with Gasteiger partial charge in [0.25, 0.3) is 5.91 Å². The molecule has 116 valence electrons. The average molecular weight is 324 g/mol. The number of ether oxygens (including phenoxy) is 1. The zero-order valence-electron chi connectivity index (χ0n) is 12.9. The second-order valence-electron chi connectivity index (χ2n) is 5.93. The number of aliphatic imine (C=N–C) groups is 1. The van der Waals surface area contributed by atoms with Crippen molar-refractivity contribution in [2.75, 3.05) is 0 Å². The summed E-state index contributed by atoms with van der Waals surface area (Å²) in [5.41, 5.74) is 2.72. The minimum atomic E-state index is -0.571. The third-order valence-electron chi connectivity index (χ3n) is 4.01. The van der Waals surface area contributed by atoms with Crippen molar-refractivity contribution in [3.63, 3.8) is 0 Å². The van der Waals surface area contributed by atoms with Gasteiger partial charge in [0.2, 0.25) is 6.23 Å². The van der Waals surface area contributed by atoms with Crippen LogP contribution in [0.5, 0.6) is 5.75 Å². The van der Waals surface area contributed by atoms with E-state index in [1.165, 1.54) is 5.56 Å². The summed E-state index contributed by atoms with van der Waals surface area (Å²) >= 11 is 1.54. The lowest BCUT2D eigenvalue weighted by Crippen LogP contribution is -2.43. The molecule has 0 fully saturated rings. The first kappa shape index (κ1) is 14.2. The Kier molecular flexibility index (Phi) is 3.31. The fraction of sp³-hybridized carbons (Fsp3) is 0.222. The molecule has 2 aliphatic heterocycles. The maximum atomic E-state index is 12.4. The lowest BCUT2D eigenvalue weighted by molar-refractivity contribution is -0.117. The number of amidine groups is 1. The number of carbonyl (C=O) groups excluding carboxylic acids is 1. The number of nitrogens with one attached hydrogen (secondary N) is 1. The van der Waals surface area contributed by atoms with Gasteiger partial charge in [-0.15, -0.1) is 11.3 Å². The summed E-state index contributed by atoms with van der Waals surface area (Å²) in [5, 5.41) is 4.82. The lowest BCUT2D eigenvalue weighted by Gasteiger charge is -2.28. The molecule has 4 nitrogen and oxygen atoms in total. The molecule has 0 saturated heterocycles. The first-order valence-electron chi connectivity index (χ1n) is 7.57. The summed E-state index contributed by atoms with van der Waals surface area (Å²) in [6, 6.07) is 9.98. The third kappa shape index (κ3) is 2.47. The van der Waals surface area contributed by atoms with Gasteiger partial charge in [0.15, 0.2) is 0 Å². The summed E-state index contributed by atoms with van der Waals surface area (Å²) in [4.78, 5) is 17.9. The van der Waals surface area contributed by atoms with Crippen LogP contribution in [0.4, 0.5) is 0 Å². The third-order valence-corrected chi connectivity index (χ3v) is 4.89. The standard InChI is InChI=1S/C18H16N2O2S/c1-10(2)11-5-6-14-12(8-11)9-13-17(21)19-16(20-18(13)22-14)15-4-3-7-23-15/h3-10,18H,1-2H3,(H,19,20,21). The number of amides is 1. The maximum Gasteiger partial charge on any atom is 0.258 e. The molecular formula is C18H16N2O2S. The van der Waals surface area contributed by atoms with Crippen molar-refractivity contribution in [1.29, 1.82) is 0 Å². The Morgan fingerprint density at radius 1 is 1.30 bits per heavy atom. The molecular weight excluding hydrogens is 308 g/mol. The van der Waals surface area contributed by atoms with Crippen LogP contribution in [-0.4, -0.2) is 18.0 Å². The lowest BCUT2D eigenvalue weighted by atomic mass is 9.97. The molecule has 23 heavy (non-hydrogen) atoms. The van der Waals surface area contributed by atoms with E-state index in [0.717, 1.165) is 16.2 Å². The Hall–Kier alpha value is -2.40. The fourth-order valence-electron chi connectivity index (χ4n) is 2.71. The number of nitrogens with zero attached hydrogens (tertiary/aromatic N) is 1. The van der Waals surface area contributed by atoms with Crippen molar-refractivity contribution in [3.8, 4) is 5.75 Å². The highest BCUT2D eigenvalue weighted by molar-refractivity contribution is 7.12. The summed E-state index contributed by atoms with van der Waals surface area (Å²) in [6.07, 6.45) is 1.32. The minimum Gasteiger partial charge on any atom is -0.464 e. The number of carbonyl (C=O) groups is 1. The Morgan fingerprint density at radius 3 is 2.91 bits per heavy atom. The van der Waals surface area contributed by atoms with Crippen molar-refractivity contribution >= 4 is 29.2 Å². The van der Waals surface area contributed by atoms with Gasteiger partial charge < -0.3 is 10.1 Å². The van der Waals surface area contributed by atoms with Crippen LogP contribution in [0.25, 0.3) is 6.08 Å². The number of hydrogen-bond donors (Lipinski definition) is 1. The molecule has 3 heterocycles. The molecule has 1 N–H and O–H groups in total. The summed E-state index contributed by atoms with van der Waals surface area (Å²) in [6.45, 7) is 4.29. The van der Waals surface area contributed by atoms with Gasteiger partial charge in [-0.25, -0.2) is 4.99 Å². The van der Waals surface area contributed by atoms with Gasteiger partial charge in [-0.05, 0) is 41.1 Å². The summed E-state index contributed by atoms with van der Waals surface area (Å²) < 4.78 is 5.96. The molecule has 0 saturated carbocycles. The van der Waals surface area contributed by atoms with Gasteiger partial charge in [0, 0.05) is 5.56 Å². The zero-order valence-corrected chi connectivity index (χ0v) is 13.7. The van der Waals surface area contributed by atoms with Crippen molar-refractivity contribution in [2.45, 2.75) is 26.0 Å². The minimum absolute atomic E-state index is 0.144.